The van der Waals surface area contributed by atoms with Crippen molar-refractivity contribution in [3.63, 3.8) is 0 Å². The van der Waals surface area contributed by atoms with Gasteiger partial charge in [0.2, 0.25) is 0 Å². The molecule has 2 amide bonds. The normalized spacial score (nSPS) is 17.2. The standard InChI is InChI=1S/C20H20N4O2/c25-19(16-8-9-18-21-10-12-23(18)13-16)22-17-7-4-11-24(14-17)20(26)15-5-2-1-3-6-15/h1-3,5-6,8-10,12-13,17H,4,7,11,14H2,(H,22,25). The van der Waals surface area contributed by atoms with Gasteiger partial charge in [-0.2, -0.15) is 0 Å². The minimum absolute atomic E-state index is 0.0179. The van der Waals surface area contributed by atoms with Crippen molar-refractivity contribution in [1.29, 1.82) is 0 Å². The Morgan fingerprint density at radius 3 is 2.77 bits per heavy atom. The maximum Gasteiger partial charge on any atom is 0.253 e. The number of piperidine rings is 1. The summed E-state index contributed by atoms with van der Waals surface area (Å²) >= 11 is 0. The van der Waals surface area contributed by atoms with Gasteiger partial charge in [0.05, 0.1) is 5.56 Å². The minimum Gasteiger partial charge on any atom is -0.347 e. The fraction of sp³-hybridized carbons (Fsp3) is 0.250. The molecule has 0 aliphatic carbocycles. The molecule has 4 rings (SSSR count). The van der Waals surface area contributed by atoms with Crippen LogP contribution in [-0.2, 0) is 0 Å². The smallest absolute Gasteiger partial charge is 0.253 e. The molecular weight excluding hydrogens is 328 g/mol. The lowest BCUT2D eigenvalue weighted by molar-refractivity contribution is 0.0676. The minimum atomic E-state index is -0.125. The van der Waals surface area contributed by atoms with Crippen molar-refractivity contribution in [2.75, 3.05) is 13.1 Å². The SMILES string of the molecule is O=C(NC1CCCN(C(=O)c2ccccc2)C1)c1ccc2nccn2c1. The lowest BCUT2D eigenvalue weighted by Gasteiger charge is -2.33. The molecule has 1 N–H and O–H groups in total. The van der Waals surface area contributed by atoms with E-state index in [1.165, 1.54) is 0 Å². The number of likely N-dealkylation sites (tertiary alicyclic amines) is 1. The van der Waals surface area contributed by atoms with Gasteiger partial charge in [-0.1, -0.05) is 18.2 Å². The van der Waals surface area contributed by atoms with Crippen LogP contribution in [0.15, 0.2) is 61.1 Å². The van der Waals surface area contributed by atoms with Crippen LogP contribution in [0.25, 0.3) is 5.65 Å². The van der Waals surface area contributed by atoms with Crippen LogP contribution in [0.1, 0.15) is 33.6 Å². The molecule has 6 heteroatoms. The number of aromatic nitrogens is 2. The third kappa shape index (κ3) is 3.31. The summed E-state index contributed by atoms with van der Waals surface area (Å²) in [6.07, 6.45) is 7.04. The van der Waals surface area contributed by atoms with Gasteiger partial charge in [0.25, 0.3) is 11.8 Å². The number of carbonyl (C=O) groups excluding carboxylic acids is 2. The van der Waals surface area contributed by atoms with Gasteiger partial charge in [0, 0.05) is 43.3 Å². The van der Waals surface area contributed by atoms with Crippen LogP contribution in [0, 0.1) is 0 Å². The number of nitrogens with zero attached hydrogens (tertiary/aromatic N) is 3. The first-order chi connectivity index (χ1) is 12.7. The van der Waals surface area contributed by atoms with Gasteiger partial charge in [0.15, 0.2) is 0 Å². The molecule has 1 aliphatic rings. The molecule has 1 unspecified atom stereocenters. The topological polar surface area (TPSA) is 66.7 Å². The molecule has 2 aromatic heterocycles. The van der Waals surface area contributed by atoms with Crippen molar-refractivity contribution in [1.82, 2.24) is 19.6 Å². The number of hydrogen-bond donors (Lipinski definition) is 1. The lowest BCUT2D eigenvalue weighted by Crippen LogP contribution is -2.49. The number of benzene rings is 1. The number of pyridine rings is 1. The van der Waals surface area contributed by atoms with Crippen molar-refractivity contribution >= 4 is 17.5 Å². The second-order valence-corrected chi connectivity index (χ2v) is 6.54. The maximum atomic E-state index is 12.6. The second-order valence-electron chi connectivity index (χ2n) is 6.54. The molecule has 1 fully saturated rings. The van der Waals surface area contributed by atoms with Crippen molar-refractivity contribution in [3.05, 3.63) is 72.2 Å². The van der Waals surface area contributed by atoms with E-state index in [9.17, 15) is 9.59 Å². The Hall–Kier alpha value is -3.15. The zero-order valence-electron chi connectivity index (χ0n) is 14.3. The van der Waals surface area contributed by atoms with Crippen molar-refractivity contribution in [3.8, 4) is 0 Å². The van der Waals surface area contributed by atoms with Gasteiger partial charge >= 0.3 is 0 Å². The van der Waals surface area contributed by atoms with E-state index >= 15 is 0 Å². The van der Waals surface area contributed by atoms with E-state index in [0.29, 0.717) is 17.7 Å². The van der Waals surface area contributed by atoms with Gasteiger partial charge in [0.1, 0.15) is 5.65 Å². The first kappa shape index (κ1) is 16.3. The summed E-state index contributed by atoms with van der Waals surface area (Å²) in [7, 11) is 0. The third-order valence-corrected chi connectivity index (χ3v) is 4.72. The molecule has 0 radical (unpaired) electrons. The highest BCUT2D eigenvalue weighted by Crippen LogP contribution is 2.15. The van der Waals surface area contributed by atoms with Crippen molar-refractivity contribution in [2.24, 2.45) is 0 Å². The fourth-order valence-corrected chi connectivity index (χ4v) is 3.37. The maximum absolute atomic E-state index is 12.6. The molecule has 1 aromatic carbocycles. The zero-order chi connectivity index (χ0) is 17.9. The number of nitrogens with one attached hydrogen (secondary N) is 1. The van der Waals surface area contributed by atoms with Gasteiger partial charge in [-0.05, 0) is 37.1 Å². The Labute approximate surface area is 151 Å². The van der Waals surface area contributed by atoms with E-state index < -0.39 is 0 Å². The molecule has 3 aromatic rings. The van der Waals surface area contributed by atoms with E-state index in [1.807, 2.05) is 51.9 Å². The van der Waals surface area contributed by atoms with E-state index in [4.69, 9.17) is 0 Å². The number of amides is 2. The van der Waals surface area contributed by atoms with Crippen LogP contribution in [0.4, 0.5) is 0 Å². The van der Waals surface area contributed by atoms with Crippen LogP contribution < -0.4 is 5.32 Å². The highest BCUT2D eigenvalue weighted by molar-refractivity contribution is 5.95. The van der Waals surface area contributed by atoms with Crippen LogP contribution in [0.3, 0.4) is 0 Å². The molecule has 0 bridgehead atoms. The summed E-state index contributed by atoms with van der Waals surface area (Å²) in [5.41, 5.74) is 2.07. The second kappa shape index (κ2) is 7.00. The summed E-state index contributed by atoms with van der Waals surface area (Å²) in [4.78, 5) is 31.2. The molecule has 3 heterocycles. The number of fused-ring (bicyclic) bond motifs is 1. The average Bonchev–Trinajstić information content (AvgIpc) is 3.16. The number of hydrogen-bond acceptors (Lipinski definition) is 3. The number of imidazole rings is 1. The summed E-state index contributed by atoms with van der Waals surface area (Å²) in [5, 5.41) is 3.06. The first-order valence-corrected chi connectivity index (χ1v) is 8.78. The van der Waals surface area contributed by atoms with E-state index in [2.05, 4.69) is 10.3 Å². The average molecular weight is 348 g/mol. The van der Waals surface area contributed by atoms with E-state index in [1.54, 1.807) is 18.5 Å². The van der Waals surface area contributed by atoms with E-state index in [-0.39, 0.29) is 17.9 Å². The van der Waals surface area contributed by atoms with Gasteiger partial charge in [-0.15, -0.1) is 0 Å². The van der Waals surface area contributed by atoms with Crippen molar-refractivity contribution in [2.45, 2.75) is 18.9 Å². The third-order valence-electron chi connectivity index (χ3n) is 4.72. The van der Waals surface area contributed by atoms with Crippen LogP contribution in [0.2, 0.25) is 0 Å². The molecule has 0 saturated carbocycles. The zero-order valence-corrected chi connectivity index (χ0v) is 14.3. The first-order valence-electron chi connectivity index (χ1n) is 8.78. The van der Waals surface area contributed by atoms with Crippen LogP contribution in [0.5, 0.6) is 0 Å². The predicted molar refractivity (Wildman–Crippen MR) is 98.0 cm³/mol. The molecule has 0 spiro atoms. The Kier molecular flexibility index (Phi) is 4.39. The van der Waals surface area contributed by atoms with Crippen LogP contribution in [-0.4, -0.2) is 45.2 Å². The fourth-order valence-electron chi connectivity index (χ4n) is 3.37. The lowest BCUT2D eigenvalue weighted by atomic mass is 10.0. The number of rotatable bonds is 3. The number of carbonyl (C=O) groups is 2. The van der Waals surface area contributed by atoms with Gasteiger partial charge in [-0.3, -0.25) is 9.59 Å². The Balaban J connectivity index is 1.43. The molecule has 6 nitrogen and oxygen atoms in total. The van der Waals surface area contributed by atoms with Crippen molar-refractivity contribution < 1.29 is 9.59 Å². The van der Waals surface area contributed by atoms with Gasteiger partial charge in [-0.25, -0.2) is 4.98 Å². The molecule has 1 atom stereocenters. The monoisotopic (exact) mass is 348 g/mol. The van der Waals surface area contributed by atoms with Gasteiger partial charge < -0.3 is 14.6 Å². The summed E-state index contributed by atoms with van der Waals surface area (Å²) in [5.74, 6) is -0.107. The summed E-state index contributed by atoms with van der Waals surface area (Å²) in [6.45, 7) is 1.26. The predicted octanol–water partition coefficient (Wildman–Crippen LogP) is 2.37. The largest absolute Gasteiger partial charge is 0.347 e. The highest BCUT2D eigenvalue weighted by Gasteiger charge is 2.25. The Morgan fingerprint density at radius 2 is 1.92 bits per heavy atom. The Morgan fingerprint density at radius 1 is 1.08 bits per heavy atom. The van der Waals surface area contributed by atoms with E-state index in [0.717, 1.165) is 25.0 Å². The Bertz CT molecular complexity index is 935. The summed E-state index contributed by atoms with van der Waals surface area (Å²) < 4.78 is 1.82. The molecule has 1 saturated heterocycles. The summed E-state index contributed by atoms with van der Waals surface area (Å²) in [6, 6.07) is 12.8. The molecule has 132 valence electrons. The molecule has 26 heavy (non-hydrogen) atoms. The molecular formula is C20H20N4O2. The quantitative estimate of drug-likeness (QED) is 0.790. The van der Waals surface area contributed by atoms with Crippen LogP contribution >= 0.6 is 0 Å². The molecule has 1 aliphatic heterocycles. The highest BCUT2D eigenvalue weighted by atomic mass is 16.2.